The molecule has 1 aromatic carbocycles. The van der Waals surface area contributed by atoms with E-state index < -0.39 is 46.6 Å². The van der Waals surface area contributed by atoms with Crippen LogP contribution in [0.4, 0.5) is 4.39 Å². The molecule has 1 saturated carbocycles. The Morgan fingerprint density at radius 2 is 1.81 bits per heavy atom. The van der Waals surface area contributed by atoms with Crippen molar-refractivity contribution in [2.75, 3.05) is 33.9 Å². The third-order valence-corrected chi connectivity index (χ3v) is 11.6. The number of carbonyl (C=O) groups is 2. The monoisotopic (exact) mass is 731 g/mol. The van der Waals surface area contributed by atoms with Gasteiger partial charge >= 0.3 is 0 Å². The predicted octanol–water partition coefficient (Wildman–Crippen LogP) is 6.57. The van der Waals surface area contributed by atoms with E-state index in [0.717, 1.165) is 45.1 Å². The maximum atomic E-state index is 16.8. The number of Topliss-reactive ketones (excluding diaryl/α,β-unsaturated/α-hetero) is 2. The molecule has 2 heterocycles. The van der Waals surface area contributed by atoms with Gasteiger partial charge in [-0.3, -0.25) is 19.4 Å². The van der Waals surface area contributed by atoms with Gasteiger partial charge in [0.05, 0.1) is 29.3 Å². The average molecular weight is 733 g/mol. The second kappa shape index (κ2) is 13.8. The molecular weight excluding hydrogens is 685 g/mol. The molecule has 0 spiro atoms. The first-order valence-corrected chi connectivity index (χ1v) is 18.2. The van der Waals surface area contributed by atoms with Crippen molar-refractivity contribution in [1.82, 2.24) is 15.0 Å². The van der Waals surface area contributed by atoms with Crippen LogP contribution in [0.2, 0.25) is 0 Å². The molecule has 4 aliphatic rings. The van der Waals surface area contributed by atoms with Crippen LogP contribution in [-0.2, 0) is 17.8 Å². The number of ketones is 2. The second-order valence-electron chi connectivity index (χ2n) is 14.1. The summed E-state index contributed by atoms with van der Waals surface area (Å²) in [7, 11) is 3.55. The number of piperidine rings is 1. The van der Waals surface area contributed by atoms with Crippen molar-refractivity contribution in [3.05, 3.63) is 43.9 Å². The molecule has 10 nitrogen and oxygen atoms in total. The number of halogens is 2. The van der Waals surface area contributed by atoms with E-state index in [-0.39, 0.29) is 59.1 Å². The number of hydrogen-bond acceptors (Lipinski definition) is 10. The Morgan fingerprint density at radius 1 is 1.10 bits per heavy atom. The van der Waals surface area contributed by atoms with E-state index in [0.29, 0.717) is 35.7 Å². The molecule has 1 aromatic heterocycles. The molecule has 6 rings (SSSR count). The van der Waals surface area contributed by atoms with Gasteiger partial charge in [-0.05, 0) is 93.1 Å². The summed E-state index contributed by atoms with van der Waals surface area (Å²) in [5.74, 6) is -3.79. The Labute approximate surface area is 289 Å². The van der Waals surface area contributed by atoms with Gasteiger partial charge in [-0.25, -0.2) is 4.39 Å². The summed E-state index contributed by atoms with van der Waals surface area (Å²) >= 11 is 3.64. The zero-order valence-corrected chi connectivity index (χ0v) is 30.1. The lowest BCUT2D eigenvalue weighted by Gasteiger charge is -2.49. The molecule has 12 heteroatoms. The van der Waals surface area contributed by atoms with E-state index >= 15 is 4.39 Å². The summed E-state index contributed by atoms with van der Waals surface area (Å²) in [6.07, 6.45) is 6.62. The third kappa shape index (κ3) is 5.60. The lowest BCUT2D eigenvalue weighted by Crippen LogP contribution is -2.63. The quantitative estimate of drug-likeness (QED) is 0.194. The zero-order chi connectivity index (χ0) is 34.5. The molecule has 0 unspecified atom stereocenters. The van der Waals surface area contributed by atoms with Gasteiger partial charge in [0, 0.05) is 35.2 Å². The summed E-state index contributed by atoms with van der Waals surface area (Å²) in [4.78, 5) is 32.9. The van der Waals surface area contributed by atoms with Gasteiger partial charge in [-0.2, -0.15) is 0 Å². The number of unbranched alkanes of at least 4 members (excludes halogenated alkanes) is 2. The summed E-state index contributed by atoms with van der Waals surface area (Å²) < 4.78 is 35.0. The van der Waals surface area contributed by atoms with E-state index in [1.54, 1.807) is 19.0 Å². The van der Waals surface area contributed by atoms with Crippen molar-refractivity contribution in [2.24, 2.45) is 11.8 Å². The fourth-order valence-corrected chi connectivity index (χ4v) is 8.74. The molecular formula is C36H47BrFN3O7. The zero-order valence-electron chi connectivity index (χ0n) is 28.5. The molecule has 3 aliphatic carbocycles. The predicted molar refractivity (Wildman–Crippen MR) is 181 cm³/mol. The number of likely N-dealkylation sites (tertiary alicyclic amines) is 1. The Hall–Kier alpha value is -2.80. The number of nitrogens with zero attached hydrogens (tertiary/aromatic N) is 3. The molecule has 1 aliphatic heterocycles. The molecule has 2 aromatic rings. The number of aliphatic hydroxyl groups excluding tert-OH is 1. The van der Waals surface area contributed by atoms with Crippen LogP contribution in [0.5, 0.6) is 11.6 Å². The minimum atomic E-state index is -2.52. The summed E-state index contributed by atoms with van der Waals surface area (Å²) in [6.45, 7) is 8.05. The fraction of sp³-hybridized carbons (Fsp3) is 0.639. The molecule has 2 N–H and O–H groups in total. The Bertz CT molecular complexity index is 1620. The first-order chi connectivity index (χ1) is 23.0. The maximum Gasteiger partial charge on any atom is 0.265 e. The smallest absolute Gasteiger partial charge is 0.265 e. The highest BCUT2D eigenvalue weighted by atomic mass is 79.9. The van der Waals surface area contributed by atoms with E-state index in [2.05, 4.69) is 32.9 Å². The lowest BCUT2D eigenvalue weighted by atomic mass is 9.57. The standard InChI is InChI=1S/C36H47BrFN3O7/c1-6-8-14-46-31-25-21(28(38)22(27(31)37)18-41-13-11-10-12-19(41)3)16-20-17-23-29(40(4)5)32-26(35(39-48-32)47-15-9-7-2)34(44)36(23,45)33(43)24(20)30(25)42/h19-20,23,29,42,45H,6-18H2,1-5H3/t19-,20-,23-,29-,36-/m0/s1. The van der Waals surface area contributed by atoms with Gasteiger partial charge in [0.1, 0.15) is 22.9 Å². The van der Waals surface area contributed by atoms with Gasteiger partial charge < -0.3 is 24.2 Å². The fourth-order valence-electron chi connectivity index (χ4n) is 8.13. The average Bonchev–Trinajstić information content (AvgIpc) is 3.47. The lowest BCUT2D eigenvalue weighted by molar-refractivity contribution is -0.142. The number of carbonyl (C=O) groups excluding carboxylic acids is 2. The van der Waals surface area contributed by atoms with E-state index in [4.69, 9.17) is 14.0 Å². The number of benzene rings is 1. The summed E-state index contributed by atoms with van der Waals surface area (Å²) in [5.41, 5.74) is -1.80. The van der Waals surface area contributed by atoms with Crippen molar-refractivity contribution in [1.29, 1.82) is 0 Å². The van der Waals surface area contributed by atoms with Crippen LogP contribution in [0.1, 0.15) is 111 Å². The number of aromatic nitrogens is 1. The molecule has 1 saturated heterocycles. The summed E-state index contributed by atoms with van der Waals surface area (Å²) in [5, 5.41) is 28.3. The molecule has 48 heavy (non-hydrogen) atoms. The molecule has 0 bridgehead atoms. The van der Waals surface area contributed by atoms with E-state index in [1.807, 2.05) is 13.8 Å². The van der Waals surface area contributed by atoms with Crippen LogP contribution in [0, 0.1) is 17.7 Å². The van der Waals surface area contributed by atoms with Gasteiger partial charge in [0.25, 0.3) is 5.88 Å². The molecule has 0 amide bonds. The van der Waals surface area contributed by atoms with Crippen LogP contribution >= 0.6 is 15.9 Å². The number of ether oxygens (including phenoxy) is 2. The van der Waals surface area contributed by atoms with Crippen LogP contribution in [0.25, 0.3) is 5.76 Å². The van der Waals surface area contributed by atoms with Gasteiger partial charge in [0.15, 0.2) is 11.4 Å². The maximum absolute atomic E-state index is 16.8. The molecule has 2 fully saturated rings. The van der Waals surface area contributed by atoms with E-state index in [1.165, 1.54) is 0 Å². The minimum absolute atomic E-state index is 0.0550. The Balaban J connectivity index is 1.48. The number of rotatable bonds is 11. The highest BCUT2D eigenvalue weighted by Crippen LogP contribution is 2.57. The highest BCUT2D eigenvalue weighted by Gasteiger charge is 2.65. The summed E-state index contributed by atoms with van der Waals surface area (Å²) in [6, 6.07) is -0.406. The largest absolute Gasteiger partial charge is 0.507 e. The topological polar surface area (TPSA) is 126 Å². The second-order valence-corrected chi connectivity index (χ2v) is 14.9. The van der Waals surface area contributed by atoms with Crippen molar-refractivity contribution in [3.63, 3.8) is 0 Å². The van der Waals surface area contributed by atoms with Crippen LogP contribution in [-0.4, -0.2) is 82.2 Å². The number of hydrogen-bond donors (Lipinski definition) is 2. The molecule has 262 valence electrons. The molecule has 5 atom stereocenters. The first-order valence-electron chi connectivity index (χ1n) is 17.4. The minimum Gasteiger partial charge on any atom is -0.507 e. The van der Waals surface area contributed by atoms with Gasteiger partial charge in [0.2, 0.25) is 11.6 Å². The van der Waals surface area contributed by atoms with Crippen molar-refractivity contribution >= 4 is 33.3 Å². The SMILES string of the molecule is CCCCOc1noc2c1C(=O)[C@@]1(O)C(=O)C3=C(O)c4c(c(F)c(CN5CCCC[C@@H]5C)c(Br)c4OCCCC)C[C@H]3C[C@H]1[C@@H]2N(C)C. The highest BCUT2D eigenvalue weighted by molar-refractivity contribution is 9.10. The number of aliphatic hydroxyl groups is 2. The van der Waals surface area contributed by atoms with Crippen LogP contribution in [0.3, 0.4) is 0 Å². The molecule has 0 radical (unpaired) electrons. The van der Waals surface area contributed by atoms with Gasteiger partial charge in [-0.1, -0.05) is 33.1 Å². The van der Waals surface area contributed by atoms with Crippen molar-refractivity contribution in [2.45, 2.75) is 103 Å². The Morgan fingerprint density at radius 3 is 2.48 bits per heavy atom. The first kappa shape index (κ1) is 35.0. The normalized spacial score (nSPS) is 27.1. The van der Waals surface area contributed by atoms with Crippen molar-refractivity contribution < 1.29 is 38.2 Å². The van der Waals surface area contributed by atoms with Crippen molar-refractivity contribution in [3.8, 4) is 11.6 Å². The van der Waals surface area contributed by atoms with Crippen LogP contribution < -0.4 is 9.47 Å². The van der Waals surface area contributed by atoms with E-state index in [9.17, 15) is 19.8 Å². The van der Waals surface area contributed by atoms with Crippen LogP contribution in [0.15, 0.2) is 14.6 Å². The van der Waals surface area contributed by atoms with Gasteiger partial charge in [-0.15, -0.1) is 0 Å². The number of fused-ring (bicyclic) bond motifs is 4. The Kier molecular flexibility index (Phi) is 10.1. The third-order valence-electron chi connectivity index (χ3n) is 10.8.